The molecule has 1 rings (SSSR count). The summed E-state index contributed by atoms with van der Waals surface area (Å²) >= 11 is -2.12. The van der Waals surface area contributed by atoms with Crippen molar-refractivity contribution in [1.82, 2.24) is 0 Å². The van der Waals surface area contributed by atoms with E-state index >= 15 is 0 Å². The van der Waals surface area contributed by atoms with Gasteiger partial charge in [0.2, 0.25) is 0 Å². The maximum atomic E-state index is 5.88. The summed E-state index contributed by atoms with van der Waals surface area (Å²) in [5.74, 6) is 0.938. The summed E-state index contributed by atoms with van der Waals surface area (Å²) in [7, 11) is 0. The third kappa shape index (κ3) is 10.00. The second-order valence-electron chi connectivity index (χ2n) is 8.17. The van der Waals surface area contributed by atoms with E-state index in [2.05, 4.69) is 58.2 Å². The van der Waals surface area contributed by atoms with Crippen molar-refractivity contribution >= 4 is 18.4 Å². The normalized spacial score (nSPS) is 11.7. The Balaban J connectivity index is 2.79. The third-order valence-corrected chi connectivity index (χ3v) is 21.0. The third-order valence-electron chi connectivity index (χ3n) is 5.58. The van der Waals surface area contributed by atoms with Crippen LogP contribution in [0.15, 0.2) is 61.2 Å². The minimum absolute atomic E-state index is 0.524. The number of benzene rings is 1. The fourth-order valence-corrected chi connectivity index (χ4v) is 20.1. The van der Waals surface area contributed by atoms with Gasteiger partial charge in [0.05, 0.1) is 0 Å². The molecule has 0 spiro atoms. The van der Waals surface area contributed by atoms with E-state index in [4.69, 9.17) is 4.74 Å². The monoisotopic (exact) mass is 490 g/mol. The molecule has 0 saturated heterocycles. The fraction of sp³-hybridized carbons (Fsp3) is 0.538. The van der Waals surface area contributed by atoms with Crippen molar-refractivity contribution in [2.24, 2.45) is 0 Å². The Morgan fingerprint density at radius 3 is 1.93 bits per heavy atom. The van der Waals surface area contributed by atoms with Gasteiger partial charge in [-0.05, 0) is 0 Å². The van der Waals surface area contributed by atoms with E-state index in [1.807, 2.05) is 12.2 Å². The second-order valence-corrected chi connectivity index (χ2v) is 22.0. The van der Waals surface area contributed by atoms with Crippen LogP contribution in [-0.2, 0) is 4.44 Å². The summed E-state index contributed by atoms with van der Waals surface area (Å²) in [5.41, 5.74) is 2.50. The number of ether oxygens (including phenoxy) is 1. The van der Waals surface area contributed by atoms with Crippen LogP contribution in [0.1, 0.15) is 64.9 Å². The first-order valence-corrected chi connectivity index (χ1v) is 19.3. The predicted octanol–water partition coefficient (Wildman–Crippen LogP) is 8.29. The zero-order chi connectivity index (χ0) is 20.7. The standard InChI is InChI=1S/C14H15O.3C4H9.Sn/c1-4-5-6-13(3)11-15-14-9-7-12(2)8-10-14;3*1-3-4-2;/h4-10H,1-3,11H2;3*1,3-4H2,2H3;/b6-5-;;;;. The molecule has 0 aromatic heterocycles. The summed E-state index contributed by atoms with van der Waals surface area (Å²) in [6.07, 6.45) is 13.9. The molecule has 0 radical (unpaired) electrons. The van der Waals surface area contributed by atoms with Gasteiger partial charge in [0.15, 0.2) is 0 Å². The van der Waals surface area contributed by atoms with Crippen molar-refractivity contribution in [1.29, 1.82) is 0 Å². The van der Waals surface area contributed by atoms with Gasteiger partial charge in [0.1, 0.15) is 0 Å². The molecule has 0 amide bonds. The molecule has 0 atom stereocenters. The maximum absolute atomic E-state index is 5.88. The molecule has 1 aromatic carbocycles. The van der Waals surface area contributed by atoms with E-state index < -0.39 is 18.4 Å². The number of allylic oxidation sites excluding steroid dienone is 2. The molecule has 0 bridgehead atoms. The Kier molecular flexibility index (Phi) is 13.4. The van der Waals surface area contributed by atoms with E-state index in [1.165, 1.54) is 48.5 Å². The quantitative estimate of drug-likeness (QED) is 0.168. The summed E-state index contributed by atoms with van der Waals surface area (Å²) in [5, 5.41) is 0. The van der Waals surface area contributed by atoms with E-state index in [0.29, 0.717) is 6.61 Å². The average molecular weight is 489 g/mol. The number of unbranched alkanes of at least 4 members (excludes halogenated alkanes) is 3. The molecule has 0 N–H and O–H groups in total. The molecule has 0 heterocycles. The van der Waals surface area contributed by atoms with Crippen molar-refractivity contribution in [3.05, 3.63) is 66.8 Å². The van der Waals surface area contributed by atoms with Crippen molar-refractivity contribution in [3.8, 4) is 5.75 Å². The SMILES string of the molecule is C=C/C=C\C(=C)COc1ccc([CH2][Sn]([CH2]CCC)([CH2]CCC)[CH2]CCC)cc1. The van der Waals surface area contributed by atoms with Gasteiger partial charge in [-0.2, -0.15) is 0 Å². The molecule has 0 saturated carbocycles. The van der Waals surface area contributed by atoms with Gasteiger partial charge < -0.3 is 0 Å². The first-order valence-electron chi connectivity index (χ1n) is 11.3. The number of rotatable bonds is 16. The molecule has 1 nitrogen and oxygen atoms in total. The Hall–Kier alpha value is -0.961. The second kappa shape index (κ2) is 15.0. The molecule has 0 unspecified atom stereocenters. The van der Waals surface area contributed by atoms with Crippen LogP contribution in [0.2, 0.25) is 13.3 Å². The van der Waals surface area contributed by atoms with Gasteiger partial charge in [-0.25, -0.2) is 0 Å². The Bertz CT molecular complexity index is 563. The van der Waals surface area contributed by atoms with Crippen LogP contribution in [-0.4, -0.2) is 25.0 Å². The summed E-state index contributed by atoms with van der Waals surface area (Å²) in [6, 6.07) is 8.92. The van der Waals surface area contributed by atoms with Gasteiger partial charge >= 0.3 is 179 Å². The van der Waals surface area contributed by atoms with Gasteiger partial charge in [0.25, 0.3) is 0 Å². The zero-order valence-corrected chi connectivity index (χ0v) is 21.5. The number of hydrogen-bond acceptors (Lipinski definition) is 1. The Morgan fingerprint density at radius 2 is 1.46 bits per heavy atom. The molecular formula is C26H42OSn. The molecule has 156 valence electrons. The molecule has 0 aliphatic heterocycles. The van der Waals surface area contributed by atoms with Crippen molar-refractivity contribution in [2.75, 3.05) is 6.61 Å². The van der Waals surface area contributed by atoms with Gasteiger partial charge in [-0.1, -0.05) is 0 Å². The summed E-state index contributed by atoms with van der Waals surface area (Å²) in [4.78, 5) is 0. The summed E-state index contributed by atoms with van der Waals surface area (Å²) < 4.78 is 12.0. The van der Waals surface area contributed by atoms with Crippen LogP contribution < -0.4 is 4.74 Å². The van der Waals surface area contributed by atoms with E-state index in [1.54, 1.807) is 19.4 Å². The molecule has 1 aromatic rings. The first-order chi connectivity index (χ1) is 13.6. The minimum atomic E-state index is -2.12. The predicted molar refractivity (Wildman–Crippen MR) is 129 cm³/mol. The Morgan fingerprint density at radius 1 is 0.929 bits per heavy atom. The van der Waals surface area contributed by atoms with Gasteiger partial charge in [-0.3, -0.25) is 0 Å². The number of hydrogen-bond donors (Lipinski definition) is 0. The van der Waals surface area contributed by atoms with Crippen molar-refractivity contribution < 1.29 is 4.74 Å². The van der Waals surface area contributed by atoms with E-state index in [0.717, 1.165) is 11.3 Å². The van der Waals surface area contributed by atoms with Crippen LogP contribution in [0.25, 0.3) is 0 Å². The van der Waals surface area contributed by atoms with Crippen molar-refractivity contribution in [2.45, 2.75) is 77.0 Å². The zero-order valence-electron chi connectivity index (χ0n) is 18.6. The average Bonchev–Trinajstić information content (AvgIpc) is 2.72. The van der Waals surface area contributed by atoms with Crippen LogP contribution in [0.4, 0.5) is 0 Å². The molecule has 0 aliphatic carbocycles. The van der Waals surface area contributed by atoms with Crippen LogP contribution >= 0.6 is 0 Å². The van der Waals surface area contributed by atoms with Crippen LogP contribution in [0.3, 0.4) is 0 Å². The van der Waals surface area contributed by atoms with Crippen LogP contribution in [0, 0.1) is 0 Å². The van der Waals surface area contributed by atoms with E-state index in [-0.39, 0.29) is 0 Å². The molecule has 2 heteroatoms. The first kappa shape index (κ1) is 25.1. The van der Waals surface area contributed by atoms with Crippen molar-refractivity contribution in [3.63, 3.8) is 0 Å². The summed E-state index contributed by atoms with van der Waals surface area (Å²) in [6.45, 7) is 15.3. The van der Waals surface area contributed by atoms with Gasteiger partial charge in [0, 0.05) is 0 Å². The fourth-order valence-electron chi connectivity index (χ4n) is 3.86. The Labute approximate surface area is 178 Å². The topological polar surface area (TPSA) is 9.23 Å². The van der Waals surface area contributed by atoms with Crippen LogP contribution in [0.5, 0.6) is 5.75 Å². The molecular weight excluding hydrogens is 447 g/mol. The molecule has 0 aliphatic rings. The van der Waals surface area contributed by atoms with Gasteiger partial charge in [-0.15, -0.1) is 0 Å². The molecule has 0 fully saturated rings. The molecule has 28 heavy (non-hydrogen) atoms. The van der Waals surface area contributed by atoms with E-state index in [9.17, 15) is 0 Å².